The average Bonchev–Trinajstić information content (AvgIpc) is 3.02. The molecule has 0 spiro atoms. The number of aryl methyl sites for hydroxylation is 2. The molecule has 8 nitrogen and oxygen atoms in total. The summed E-state index contributed by atoms with van der Waals surface area (Å²) in [6.45, 7) is 7.77. The van der Waals surface area contributed by atoms with Crippen molar-refractivity contribution in [3.05, 3.63) is 24.2 Å². The lowest BCUT2D eigenvalue weighted by Gasteiger charge is -2.32. The molecule has 2 aromatic rings. The van der Waals surface area contributed by atoms with Gasteiger partial charge in [0, 0.05) is 44.1 Å². The molecule has 0 amide bonds. The topological polar surface area (TPSA) is 96.2 Å². The Morgan fingerprint density at radius 1 is 1.33 bits per heavy atom. The first kappa shape index (κ1) is 23.6. The van der Waals surface area contributed by atoms with Crippen molar-refractivity contribution in [2.24, 2.45) is 7.05 Å². The predicted molar refractivity (Wildman–Crippen MR) is 106 cm³/mol. The quantitative estimate of drug-likeness (QED) is 0.755. The van der Waals surface area contributed by atoms with Crippen molar-refractivity contribution >= 4 is 11.9 Å². The van der Waals surface area contributed by atoms with Gasteiger partial charge in [-0.05, 0) is 38.8 Å². The number of carboxylic acids is 1. The third kappa shape index (κ3) is 6.97. The van der Waals surface area contributed by atoms with Crippen LogP contribution in [0.3, 0.4) is 0 Å². The maximum absolute atomic E-state index is 10.6. The van der Waals surface area contributed by atoms with E-state index in [0.29, 0.717) is 6.04 Å². The van der Waals surface area contributed by atoms with Crippen LogP contribution in [-0.2, 0) is 11.8 Å². The number of nitrogens with zero attached hydrogens (tertiary/aromatic N) is 5. The highest BCUT2D eigenvalue weighted by atomic mass is 19.4. The number of carbonyl (C=O) groups is 1. The first-order chi connectivity index (χ1) is 14.1. The van der Waals surface area contributed by atoms with Gasteiger partial charge in [0.05, 0.1) is 11.4 Å². The fourth-order valence-electron chi connectivity index (χ4n) is 3.23. The van der Waals surface area contributed by atoms with Crippen LogP contribution in [0.15, 0.2) is 18.5 Å². The third-order valence-electron chi connectivity index (χ3n) is 4.65. The molecule has 0 aromatic carbocycles. The van der Waals surface area contributed by atoms with Crippen molar-refractivity contribution in [1.29, 1.82) is 0 Å². The van der Waals surface area contributed by atoms with Crippen LogP contribution in [0.25, 0.3) is 11.3 Å². The average molecular weight is 428 g/mol. The SMILES string of the molecule is CCCN1CCC(Nc2nccc(-c3cn(C)nc3C)n2)CC1.O=C(O)C(F)(F)F. The highest BCUT2D eigenvalue weighted by Crippen LogP contribution is 2.21. The van der Waals surface area contributed by atoms with Crippen molar-refractivity contribution in [2.75, 3.05) is 25.0 Å². The molecule has 0 aliphatic carbocycles. The second-order valence-electron chi connectivity index (χ2n) is 7.13. The molecule has 30 heavy (non-hydrogen) atoms. The van der Waals surface area contributed by atoms with Gasteiger partial charge in [-0.25, -0.2) is 14.8 Å². The highest BCUT2D eigenvalue weighted by molar-refractivity contribution is 5.73. The number of hydrogen-bond acceptors (Lipinski definition) is 6. The maximum Gasteiger partial charge on any atom is 0.490 e. The molecule has 1 aliphatic rings. The van der Waals surface area contributed by atoms with Crippen LogP contribution in [0.2, 0.25) is 0 Å². The monoisotopic (exact) mass is 428 g/mol. The Kier molecular flexibility index (Phi) is 8.16. The van der Waals surface area contributed by atoms with Gasteiger partial charge >= 0.3 is 12.1 Å². The number of likely N-dealkylation sites (tertiary alicyclic amines) is 1. The van der Waals surface area contributed by atoms with Crippen LogP contribution in [0, 0.1) is 6.92 Å². The number of nitrogens with one attached hydrogen (secondary N) is 1. The Hall–Kier alpha value is -2.69. The van der Waals surface area contributed by atoms with Crippen LogP contribution < -0.4 is 5.32 Å². The Bertz CT molecular complexity index is 832. The number of aromatic nitrogens is 4. The number of anilines is 1. The summed E-state index contributed by atoms with van der Waals surface area (Å²) in [5.41, 5.74) is 2.98. The summed E-state index contributed by atoms with van der Waals surface area (Å²) < 4.78 is 33.6. The van der Waals surface area contributed by atoms with Gasteiger partial charge in [0.1, 0.15) is 0 Å². The van der Waals surface area contributed by atoms with Crippen molar-refractivity contribution in [3.8, 4) is 11.3 Å². The molecule has 0 saturated carbocycles. The summed E-state index contributed by atoms with van der Waals surface area (Å²) in [6, 6.07) is 2.41. The zero-order valence-electron chi connectivity index (χ0n) is 17.3. The minimum atomic E-state index is -5.08. The van der Waals surface area contributed by atoms with E-state index in [2.05, 4.69) is 32.2 Å². The van der Waals surface area contributed by atoms with Crippen LogP contribution >= 0.6 is 0 Å². The number of rotatable bonds is 5. The van der Waals surface area contributed by atoms with E-state index in [4.69, 9.17) is 9.90 Å². The summed E-state index contributed by atoms with van der Waals surface area (Å²) >= 11 is 0. The predicted octanol–water partition coefficient (Wildman–Crippen LogP) is 3.11. The smallest absolute Gasteiger partial charge is 0.475 e. The van der Waals surface area contributed by atoms with Crippen molar-refractivity contribution in [3.63, 3.8) is 0 Å². The van der Waals surface area contributed by atoms with Crippen molar-refractivity contribution in [1.82, 2.24) is 24.6 Å². The first-order valence-electron chi connectivity index (χ1n) is 9.72. The second-order valence-corrected chi connectivity index (χ2v) is 7.13. The van der Waals surface area contributed by atoms with Crippen LogP contribution in [0.4, 0.5) is 19.1 Å². The number of aliphatic carboxylic acids is 1. The second kappa shape index (κ2) is 10.4. The minimum Gasteiger partial charge on any atom is -0.475 e. The van der Waals surface area contributed by atoms with E-state index in [1.807, 2.05) is 37.1 Å². The third-order valence-corrected chi connectivity index (χ3v) is 4.65. The maximum atomic E-state index is 10.6. The van der Waals surface area contributed by atoms with E-state index in [9.17, 15) is 13.2 Å². The van der Waals surface area contributed by atoms with Gasteiger partial charge in [-0.1, -0.05) is 6.92 Å². The Morgan fingerprint density at radius 3 is 2.47 bits per heavy atom. The van der Waals surface area contributed by atoms with Gasteiger partial charge in [-0.2, -0.15) is 18.3 Å². The Balaban J connectivity index is 0.000000396. The fourth-order valence-corrected chi connectivity index (χ4v) is 3.23. The van der Waals surface area contributed by atoms with Gasteiger partial charge in [-0.3, -0.25) is 4.68 Å². The summed E-state index contributed by atoms with van der Waals surface area (Å²) in [6.07, 6.45) is 2.28. The Morgan fingerprint density at radius 2 is 1.97 bits per heavy atom. The largest absolute Gasteiger partial charge is 0.490 e. The zero-order chi connectivity index (χ0) is 22.3. The first-order valence-corrected chi connectivity index (χ1v) is 9.72. The lowest BCUT2D eigenvalue weighted by molar-refractivity contribution is -0.192. The van der Waals surface area contributed by atoms with E-state index < -0.39 is 12.1 Å². The van der Waals surface area contributed by atoms with Crippen LogP contribution in [0.5, 0.6) is 0 Å². The normalized spacial score (nSPS) is 15.4. The lowest BCUT2D eigenvalue weighted by Crippen LogP contribution is -2.39. The molecule has 11 heteroatoms. The van der Waals surface area contributed by atoms with E-state index in [1.165, 1.54) is 13.0 Å². The Labute approximate surface area is 173 Å². The molecule has 2 N–H and O–H groups in total. The minimum absolute atomic E-state index is 0.466. The van der Waals surface area contributed by atoms with E-state index in [0.717, 1.165) is 48.8 Å². The summed E-state index contributed by atoms with van der Waals surface area (Å²) in [5.74, 6) is -2.04. The summed E-state index contributed by atoms with van der Waals surface area (Å²) in [7, 11) is 1.93. The van der Waals surface area contributed by atoms with Gasteiger partial charge in [0.15, 0.2) is 0 Å². The van der Waals surface area contributed by atoms with Gasteiger partial charge in [-0.15, -0.1) is 0 Å². The molecule has 166 valence electrons. The number of carboxylic acid groups (broad SMARTS) is 1. The molecule has 2 aromatic heterocycles. The standard InChI is InChI=1S/C17H26N6.C2HF3O2/c1-4-9-23-10-6-14(7-11-23)19-17-18-8-5-16(20-17)15-12-22(3)21-13(15)2;3-2(4,5)1(6)7/h5,8,12,14H,4,6-7,9-11H2,1-3H3,(H,18,19,20);(H,6,7). The fraction of sp³-hybridized carbons (Fsp3) is 0.579. The molecular formula is C19H27F3N6O2. The molecule has 0 bridgehead atoms. The summed E-state index contributed by atoms with van der Waals surface area (Å²) in [4.78, 5) is 20.5. The molecule has 0 atom stereocenters. The van der Waals surface area contributed by atoms with Crippen LogP contribution in [0.1, 0.15) is 31.9 Å². The van der Waals surface area contributed by atoms with Gasteiger partial charge in [0.2, 0.25) is 5.95 Å². The molecule has 3 heterocycles. The molecule has 1 aliphatic heterocycles. The highest BCUT2D eigenvalue weighted by Gasteiger charge is 2.38. The molecular weight excluding hydrogens is 401 g/mol. The van der Waals surface area contributed by atoms with Gasteiger partial charge in [0.25, 0.3) is 0 Å². The molecule has 0 unspecified atom stereocenters. The van der Waals surface area contributed by atoms with E-state index in [1.54, 1.807) is 0 Å². The van der Waals surface area contributed by atoms with Crippen LogP contribution in [-0.4, -0.2) is 67.6 Å². The number of piperidine rings is 1. The lowest BCUT2D eigenvalue weighted by atomic mass is 10.1. The number of halogens is 3. The molecule has 3 rings (SSSR count). The number of hydrogen-bond donors (Lipinski definition) is 2. The van der Waals surface area contributed by atoms with Crippen molar-refractivity contribution in [2.45, 2.75) is 45.3 Å². The van der Waals surface area contributed by atoms with E-state index in [-0.39, 0.29) is 0 Å². The number of alkyl halides is 3. The van der Waals surface area contributed by atoms with Gasteiger partial charge < -0.3 is 15.3 Å². The summed E-state index contributed by atoms with van der Waals surface area (Å²) in [5, 5.41) is 15.0. The molecule has 1 saturated heterocycles. The zero-order valence-corrected chi connectivity index (χ0v) is 17.3. The molecule has 0 radical (unpaired) electrons. The molecule has 1 fully saturated rings. The van der Waals surface area contributed by atoms with E-state index >= 15 is 0 Å². The van der Waals surface area contributed by atoms with Crippen molar-refractivity contribution < 1.29 is 23.1 Å².